The second-order valence-electron chi connectivity index (χ2n) is 7.35. The minimum absolute atomic E-state index is 0.0343. The van der Waals surface area contributed by atoms with Gasteiger partial charge in [-0.05, 0) is 62.1 Å². The number of morpholine rings is 1. The van der Waals surface area contributed by atoms with Crippen LogP contribution in [0.1, 0.15) is 33.5 Å². The van der Waals surface area contributed by atoms with Gasteiger partial charge in [-0.15, -0.1) is 11.3 Å². The number of hydrogen-bond acceptors (Lipinski definition) is 5. The van der Waals surface area contributed by atoms with E-state index >= 15 is 0 Å². The number of nitrogens with zero attached hydrogens (tertiary/aromatic N) is 1. The summed E-state index contributed by atoms with van der Waals surface area (Å²) in [4.78, 5) is 29.4. The molecule has 2 amide bonds. The smallest absolute Gasteiger partial charge is 0.264 e. The zero-order valence-electron chi connectivity index (χ0n) is 16.6. The second kappa shape index (κ2) is 8.97. The molecule has 1 aliphatic carbocycles. The van der Waals surface area contributed by atoms with Crippen molar-refractivity contribution in [2.24, 2.45) is 5.92 Å². The van der Waals surface area contributed by atoms with E-state index in [1.165, 1.54) is 4.88 Å². The average Bonchev–Trinajstić information content (AvgIpc) is 3.19. The molecule has 1 atom stereocenters. The van der Waals surface area contributed by atoms with Gasteiger partial charge in [0.05, 0.1) is 24.7 Å². The highest BCUT2D eigenvalue weighted by Crippen LogP contribution is 2.33. The monoisotopic (exact) mass is 414 g/mol. The van der Waals surface area contributed by atoms with E-state index in [-0.39, 0.29) is 17.7 Å². The molecule has 1 aromatic heterocycles. The maximum atomic E-state index is 12.7. The summed E-state index contributed by atoms with van der Waals surface area (Å²) in [7, 11) is 0. The van der Waals surface area contributed by atoms with Crippen LogP contribution in [0.25, 0.3) is 0 Å². The predicted molar refractivity (Wildman–Crippen MR) is 113 cm³/mol. The van der Waals surface area contributed by atoms with E-state index in [0.29, 0.717) is 39.3 Å². The Balaban J connectivity index is 1.38. The van der Waals surface area contributed by atoms with Gasteiger partial charge in [-0.3, -0.25) is 9.59 Å². The molecule has 2 aliphatic rings. The number of hydrogen-bond donors (Lipinski definition) is 1. The molecule has 1 aromatic carbocycles. The molecule has 154 valence electrons. The van der Waals surface area contributed by atoms with Crippen LogP contribution in [0.2, 0.25) is 0 Å². The summed E-state index contributed by atoms with van der Waals surface area (Å²) in [5, 5.41) is 3.01. The minimum Gasteiger partial charge on any atom is -0.494 e. The number of carbonyl (C=O) groups excluding carboxylic acids is 2. The third-order valence-electron chi connectivity index (χ3n) is 5.40. The van der Waals surface area contributed by atoms with Gasteiger partial charge in [0.2, 0.25) is 5.91 Å². The fourth-order valence-electron chi connectivity index (χ4n) is 3.82. The van der Waals surface area contributed by atoms with E-state index < -0.39 is 0 Å². The van der Waals surface area contributed by atoms with Crippen molar-refractivity contribution in [2.75, 3.05) is 38.2 Å². The molecule has 2 heterocycles. The van der Waals surface area contributed by atoms with Crippen molar-refractivity contribution >= 4 is 28.8 Å². The Kier molecular flexibility index (Phi) is 6.16. The normalized spacial score (nSPS) is 18.8. The number of carbonyl (C=O) groups is 2. The van der Waals surface area contributed by atoms with Crippen LogP contribution in [-0.4, -0.2) is 49.6 Å². The number of aryl methyl sites for hydroxylation is 1. The zero-order valence-corrected chi connectivity index (χ0v) is 17.4. The van der Waals surface area contributed by atoms with Crippen LogP contribution in [0.4, 0.5) is 5.69 Å². The summed E-state index contributed by atoms with van der Waals surface area (Å²) in [5.74, 6) is 0.841. The summed E-state index contributed by atoms with van der Waals surface area (Å²) >= 11 is 1.58. The van der Waals surface area contributed by atoms with Crippen molar-refractivity contribution in [1.82, 2.24) is 4.90 Å². The Morgan fingerprint density at radius 3 is 2.72 bits per heavy atom. The van der Waals surface area contributed by atoms with E-state index in [2.05, 4.69) is 5.32 Å². The van der Waals surface area contributed by atoms with Gasteiger partial charge < -0.3 is 19.7 Å². The number of thiophene rings is 1. The molecule has 1 saturated heterocycles. The highest BCUT2D eigenvalue weighted by Gasteiger charge is 2.29. The Hall–Kier alpha value is -2.38. The first-order chi connectivity index (χ1) is 14.1. The van der Waals surface area contributed by atoms with E-state index in [4.69, 9.17) is 9.47 Å². The van der Waals surface area contributed by atoms with Gasteiger partial charge >= 0.3 is 0 Å². The highest BCUT2D eigenvalue weighted by molar-refractivity contribution is 7.14. The van der Waals surface area contributed by atoms with E-state index in [1.807, 2.05) is 42.2 Å². The molecular formula is C22H26N2O4S. The number of fused-ring (bicyclic) bond motifs is 1. The average molecular weight is 415 g/mol. The molecule has 4 rings (SSSR count). The molecule has 1 unspecified atom stereocenters. The summed E-state index contributed by atoms with van der Waals surface area (Å²) in [6.07, 6.45) is 2.34. The number of benzene rings is 1. The number of ether oxygens (including phenoxy) is 2. The highest BCUT2D eigenvalue weighted by atomic mass is 32.1. The summed E-state index contributed by atoms with van der Waals surface area (Å²) < 4.78 is 10.8. The fourth-order valence-corrected chi connectivity index (χ4v) is 5.00. The Morgan fingerprint density at radius 1 is 1.24 bits per heavy atom. The lowest BCUT2D eigenvalue weighted by molar-refractivity contribution is -0.120. The maximum absolute atomic E-state index is 12.7. The van der Waals surface area contributed by atoms with Crippen LogP contribution >= 0.6 is 11.3 Å². The Labute approximate surface area is 174 Å². The minimum atomic E-state index is -0.0741. The third kappa shape index (κ3) is 4.62. The number of nitrogens with one attached hydrogen (secondary N) is 1. The predicted octanol–water partition coefficient (Wildman–Crippen LogP) is 3.36. The molecule has 1 aliphatic heterocycles. The lowest BCUT2D eigenvalue weighted by Crippen LogP contribution is -2.40. The second-order valence-corrected chi connectivity index (χ2v) is 8.49. The van der Waals surface area contributed by atoms with Gasteiger partial charge in [0.25, 0.3) is 5.91 Å². The summed E-state index contributed by atoms with van der Waals surface area (Å²) in [6, 6.07) is 9.44. The van der Waals surface area contributed by atoms with Crippen molar-refractivity contribution in [3.63, 3.8) is 0 Å². The molecule has 7 heteroatoms. The van der Waals surface area contributed by atoms with Gasteiger partial charge in [0.1, 0.15) is 5.75 Å². The standard InChI is InChI=1S/C22H26N2O4S/c1-2-28-18-6-4-17(5-7-18)23-21(25)15-3-8-19-16(13-15)14-20(29-19)22(26)24-9-11-27-12-10-24/h4-7,14-15H,2-3,8-13H2,1H3,(H,23,25). The Morgan fingerprint density at radius 2 is 2.00 bits per heavy atom. The van der Waals surface area contributed by atoms with Crippen molar-refractivity contribution in [2.45, 2.75) is 26.2 Å². The first-order valence-electron chi connectivity index (χ1n) is 10.2. The lowest BCUT2D eigenvalue weighted by Gasteiger charge is -2.26. The van der Waals surface area contributed by atoms with Crippen molar-refractivity contribution in [3.05, 3.63) is 45.6 Å². The van der Waals surface area contributed by atoms with Crippen molar-refractivity contribution in [3.8, 4) is 5.75 Å². The summed E-state index contributed by atoms with van der Waals surface area (Å²) in [5.41, 5.74) is 1.92. The van der Waals surface area contributed by atoms with E-state index in [0.717, 1.165) is 34.7 Å². The molecule has 1 N–H and O–H groups in total. The lowest BCUT2D eigenvalue weighted by atomic mass is 9.87. The van der Waals surface area contributed by atoms with Gasteiger partial charge in [-0.1, -0.05) is 0 Å². The van der Waals surface area contributed by atoms with Crippen LogP contribution in [0.15, 0.2) is 30.3 Å². The maximum Gasteiger partial charge on any atom is 0.264 e. The van der Waals surface area contributed by atoms with Gasteiger partial charge in [0, 0.05) is 29.6 Å². The Bertz CT molecular complexity index is 871. The molecule has 0 radical (unpaired) electrons. The van der Waals surface area contributed by atoms with Gasteiger partial charge in [-0.25, -0.2) is 0 Å². The van der Waals surface area contributed by atoms with E-state index in [1.54, 1.807) is 11.3 Å². The number of amides is 2. The quantitative estimate of drug-likeness (QED) is 0.815. The van der Waals surface area contributed by atoms with Crippen molar-refractivity contribution < 1.29 is 19.1 Å². The van der Waals surface area contributed by atoms with Crippen LogP contribution in [0, 0.1) is 5.92 Å². The van der Waals surface area contributed by atoms with Crippen LogP contribution in [-0.2, 0) is 22.4 Å². The molecular weight excluding hydrogens is 388 g/mol. The zero-order chi connectivity index (χ0) is 20.2. The van der Waals surface area contributed by atoms with E-state index in [9.17, 15) is 9.59 Å². The molecule has 6 nitrogen and oxygen atoms in total. The summed E-state index contributed by atoms with van der Waals surface area (Å²) in [6.45, 7) is 5.06. The number of rotatable bonds is 5. The molecule has 0 spiro atoms. The van der Waals surface area contributed by atoms with Gasteiger partial charge in [-0.2, -0.15) is 0 Å². The van der Waals surface area contributed by atoms with Gasteiger partial charge in [0.15, 0.2) is 0 Å². The van der Waals surface area contributed by atoms with Crippen molar-refractivity contribution in [1.29, 1.82) is 0 Å². The first kappa shape index (κ1) is 19.9. The van der Waals surface area contributed by atoms with Crippen LogP contribution < -0.4 is 10.1 Å². The topological polar surface area (TPSA) is 67.9 Å². The number of anilines is 1. The largest absolute Gasteiger partial charge is 0.494 e. The van der Waals surface area contributed by atoms with Crippen LogP contribution in [0.5, 0.6) is 5.75 Å². The van der Waals surface area contributed by atoms with Crippen LogP contribution in [0.3, 0.4) is 0 Å². The fraction of sp³-hybridized carbons (Fsp3) is 0.455. The SMILES string of the molecule is CCOc1ccc(NC(=O)C2CCc3sc(C(=O)N4CCOCC4)cc3C2)cc1. The molecule has 29 heavy (non-hydrogen) atoms. The molecule has 1 fully saturated rings. The molecule has 0 saturated carbocycles. The molecule has 0 bridgehead atoms. The first-order valence-corrected chi connectivity index (χ1v) is 11.0. The third-order valence-corrected chi connectivity index (χ3v) is 6.62. The molecule has 2 aromatic rings.